The molecule has 1 aromatic rings. The molecule has 1 atom stereocenters. The summed E-state index contributed by atoms with van der Waals surface area (Å²) in [4.78, 5) is 33.3. The van der Waals surface area contributed by atoms with E-state index >= 15 is 0 Å². The first-order valence-electron chi connectivity index (χ1n) is 6.27. The smallest absolute Gasteiger partial charge is 0.305 e. The molecule has 0 spiro atoms. The van der Waals surface area contributed by atoms with Crippen LogP contribution in [-0.2, 0) is 4.79 Å². The fourth-order valence-corrected chi connectivity index (χ4v) is 1.55. The Kier molecular flexibility index (Phi) is 5.34. The van der Waals surface area contributed by atoms with Crippen LogP contribution in [0, 0.1) is 15.9 Å². The molecule has 0 aliphatic carbocycles. The second kappa shape index (κ2) is 6.78. The fraction of sp³-hybridized carbons (Fsp3) is 0.385. The van der Waals surface area contributed by atoms with Gasteiger partial charge in [-0.15, -0.1) is 0 Å². The van der Waals surface area contributed by atoms with E-state index in [1.807, 2.05) is 0 Å². The van der Waals surface area contributed by atoms with Crippen LogP contribution in [0.25, 0.3) is 0 Å². The molecular formula is C13H16FN3O4. The maximum atomic E-state index is 13.2. The number of nitrogens with zero attached hydrogens (tertiary/aromatic N) is 1. The van der Waals surface area contributed by atoms with Crippen LogP contribution in [0.1, 0.15) is 31.1 Å². The summed E-state index contributed by atoms with van der Waals surface area (Å²) in [6.45, 7) is 5.03. The predicted molar refractivity (Wildman–Crippen MR) is 73.3 cm³/mol. The SMILES string of the molecule is CC(C)NC(=O)C(C)NC(=O)c1ccc(F)c([N+](=O)[O-])c1. The Morgan fingerprint density at radius 3 is 2.38 bits per heavy atom. The number of halogens is 1. The molecule has 2 amide bonds. The predicted octanol–water partition coefficient (Wildman–Crippen LogP) is 1.38. The Hall–Kier alpha value is -2.51. The van der Waals surface area contributed by atoms with Gasteiger partial charge in [-0.25, -0.2) is 0 Å². The van der Waals surface area contributed by atoms with E-state index in [2.05, 4.69) is 10.6 Å². The third-order valence-corrected chi connectivity index (χ3v) is 2.58. The highest BCUT2D eigenvalue weighted by atomic mass is 19.1. The summed E-state index contributed by atoms with van der Waals surface area (Å²) >= 11 is 0. The van der Waals surface area contributed by atoms with Crippen LogP contribution in [0.2, 0.25) is 0 Å². The van der Waals surface area contributed by atoms with Crippen molar-refractivity contribution in [3.05, 3.63) is 39.7 Å². The van der Waals surface area contributed by atoms with E-state index in [1.165, 1.54) is 6.92 Å². The molecule has 1 aromatic carbocycles. The number of benzene rings is 1. The quantitative estimate of drug-likeness (QED) is 0.633. The molecule has 0 aliphatic heterocycles. The van der Waals surface area contributed by atoms with Crippen molar-refractivity contribution >= 4 is 17.5 Å². The summed E-state index contributed by atoms with van der Waals surface area (Å²) in [6, 6.07) is 1.89. The molecule has 21 heavy (non-hydrogen) atoms. The first kappa shape index (κ1) is 16.5. The van der Waals surface area contributed by atoms with Gasteiger partial charge in [-0.3, -0.25) is 19.7 Å². The Morgan fingerprint density at radius 2 is 1.86 bits per heavy atom. The van der Waals surface area contributed by atoms with Crippen LogP contribution in [0.15, 0.2) is 18.2 Å². The van der Waals surface area contributed by atoms with Crippen LogP contribution < -0.4 is 10.6 Å². The fourth-order valence-electron chi connectivity index (χ4n) is 1.55. The van der Waals surface area contributed by atoms with Crippen LogP contribution >= 0.6 is 0 Å². The Morgan fingerprint density at radius 1 is 1.24 bits per heavy atom. The van der Waals surface area contributed by atoms with Gasteiger partial charge in [0.15, 0.2) is 0 Å². The van der Waals surface area contributed by atoms with E-state index in [-0.39, 0.29) is 17.5 Å². The molecule has 7 nitrogen and oxygen atoms in total. The van der Waals surface area contributed by atoms with Gasteiger partial charge in [-0.1, -0.05) is 0 Å². The van der Waals surface area contributed by atoms with E-state index in [0.29, 0.717) is 0 Å². The topological polar surface area (TPSA) is 101 Å². The maximum absolute atomic E-state index is 13.2. The van der Waals surface area contributed by atoms with Crippen molar-refractivity contribution in [2.75, 3.05) is 0 Å². The van der Waals surface area contributed by atoms with Crippen molar-refractivity contribution in [1.82, 2.24) is 10.6 Å². The lowest BCUT2D eigenvalue weighted by atomic mass is 10.1. The standard InChI is InChI=1S/C13H16FN3O4/c1-7(2)15-12(18)8(3)16-13(19)9-4-5-10(14)11(6-9)17(20)21/h4-8H,1-3H3,(H,15,18)(H,16,19). The number of carbonyl (C=O) groups excluding carboxylic acids is 2. The number of nitrogens with one attached hydrogen (secondary N) is 2. The highest BCUT2D eigenvalue weighted by Crippen LogP contribution is 2.18. The van der Waals surface area contributed by atoms with Gasteiger partial charge in [0.1, 0.15) is 6.04 Å². The zero-order chi connectivity index (χ0) is 16.2. The van der Waals surface area contributed by atoms with Crippen LogP contribution in [0.5, 0.6) is 0 Å². The molecule has 8 heteroatoms. The molecule has 0 saturated carbocycles. The summed E-state index contributed by atoms with van der Waals surface area (Å²) in [6.07, 6.45) is 0. The Labute approximate surface area is 120 Å². The van der Waals surface area contributed by atoms with Crippen molar-refractivity contribution in [2.24, 2.45) is 0 Å². The van der Waals surface area contributed by atoms with E-state index in [1.54, 1.807) is 13.8 Å². The monoisotopic (exact) mass is 297 g/mol. The van der Waals surface area contributed by atoms with E-state index < -0.39 is 28.4 Å². The number of rotatable bonds is 5. The van der Waals surface area contributed by atoms with Crippen molar-refractivity contribution in [2.45, 2.75) is 32.9 Å². The lowest BCUT2D eigenvalue weighted by Gasteiger charge is -2.16. The first-order valence-corrected chi connectivity index (χ1v) is 6.27. The largest absolute Gasteiger partial charge is 0.352 e. The Bertz CT molecular complexity index is 575. The highest BCUT2D eigenvalue weighted by Gasteiger charge is 2.20. The molecule has 0 aromatic heterocycles. The third-order valence-electron chi connectivity index (χ3n) is 2.58. The zero-order valence-corrected chi connectivity index (χ0v) is 11.8. The van der Waals surface area contributed by atoms with Crippen molar-refractivity contribution < 1.29 is 18.9 Å². The minimum absolute atomic E-state index is 0.0799. The average Bonchev–Trinajstić information content (AvgIpc) is 2.37. The summed E-state index contributed by atoms with van der Waals surface area (Å²) in [5, 5.41) is 15.6. The number of nitro groups is 1. The summed E-state index contributed by atoms with van der Waals surface area (Å²) in [5.41, 5.74) is -0.880. The van der Waals surface area contributed by atoms with Gasteiger partial charge in [0.25, 0.3) is 5.91 Å². The molecule has 0 saturated heterocycles. The summed E-state index contributed by atoms with van der Waals surface area (Å²) in [7, 11) is 0. The van der Waals surface area contributed by atoms with E-state index in [4.69, 9.17) is 0 Å². The van der Waals surface area contributed by atoms with Gasteiger partial charge in [0, 0.05) is 17.7 Å². The van der Waals surface area contributed by atoms with Crippen LogP contribution in [-0.4, -0.2) is 28.8 Å². The number of hydrogen-bond donors (Lipinski definition) is 2. The second-order valence-electron chi connectivity index (χ2n) is 4.78. The average molecular weight is 297 g/mol. The normalized spacial score (nSPS) is 11.9. The molecule has 0 heterocycles. The van der Waals surface area contributed by atoms with Crippen LogP contribution in [0.4, 0.5) is 10.1 Å². The minimum Gasteiger partial charge on any atom is -0.352 e. The minimum atomic E-state index is -1.03. The lowest BCUT2D eigenvalue weighted by molar-refractivity contribution is -0.387. The highest BCUT2D eigenvalue weighted by molar-refractivity contribution is 5.97. The van der Waals surface area contributed by atoms with Crippen molar-refractivity contribution in [3.63, 3.8) is 0 Å². The van der Waals surface area contributed by atoms with E-state index in [0.717, 1.165) is 18.2 Å². The molecule has 1 rings (SSSR count). The molecule has 0 radical (unpaired) electrons. The molecule has 0 aliphatic rings. The number of hydrogen-bond acceptors (Lipinski definition) is 4. The second-order valence-corrected chi connectivity index (χ2v) is 4.78. The number of nitro benzene ring substituents is 1. The Balaban J connectivity index is 2.83. The van der Waals surface area contributed by atoms with Gasteiger partial charge in [0.2, 0.25) is 11.7 Å². The molecule has 0 bridgehead atoms. The van der Waals surface area contributed by atoms with Gasteiger partial charge in [-0.2, -0.15) is 4.39 Å². The van der Waals surface area contributed by atoms with Gasteiger partial charge >= 0.3 is 5.69 Å². The summed E-state index contributed by atoms with van der Waals surface area (Å²) in [5.74, 6) is -2.10. The molecule has 114 valence electrons. The van der Waals surface area contributed by atoms with Crippen LogP contribution in [0.3, 0.4) is 0 Å². The maximum Gasteiger partial charge on any atom is 0.305 e. The van der Waals surface area contributed by atoms with Gasteiger partial charge in [0.05, 0.1) is 4.92 Å². The first-order chi connectivity index (χ1) is 9.72. The zero-order valence-electron chi connectivity index (χ0n) is 11.8. The number of amides is 2. The van der Waals surface area contributed by atoms with Gasteiger partial charge in [-0.05, 0) is 32.9 Å². The van der Waals surface area contributed by atoms with Crippen molar-refractivity contribution in [1.29, 1.82) is 0 Å². The molecular weight excluding hydrogens is 281 g/mol. The molecule has 2 N–H and O–H groups in total. The lowest BCUT2D eigenvalue weighted by Crippen LogP contribution is -2.46. The van der Waals surface area contributed by atoms with Gasteiger partial charge < -0.3 is 10.6 Å². The van der Waals surface area contributed by atoms with Crippen molar-refractivity contribution in [3.8, 4) is 0 Å². The van der Waals surface area contributed by atoms with E-state index in [9.17, 15) is 24.1 Å². The molecule has 1 unspecified atom stereocenters. The summed E-state index contributed by atoms with van der Waals surface area (Å²) < 4.78 is 13.2. The number of carbonyl (C=O) groups is 2. The molecule has 0 fully saturated rings. The third kappa shape index (κ3) is 4.51.